The second-order valence-electron chi connectivity index (χ2n) is 5.52. The van der Waals surface area contributed by atoms with E-state index in [9.17, 15) is 4.39 Å². The van der Waals surface area contributed by atoms with Gasteiger partial charge < -0.3 is 14.8 Å². The van der Waals surface area contributed by atoms with E-state index >= 15 is 0 Å². The van der Waals surface area contributed by atoms with E-state index in [0.29, 0.717) is 33.9 Å². The summed E-state index contributed by atoms with van der Waals surface area (Å²) in [5.74, 6) is 2.85. The van der Waals surface area contributed by atoms with Crippen molar-refractivity contribution < 1.29 is 13.9 Å². The highest BCUT2D eigenvalue weighted by molar-refractivity contribution is 9.10. The third-order valence-electron chi connectivity index (χ3n) is 3.68. The number of thioether (sulfide) groups is 1. The molecule has 0 unspecified atom stereocenters. The first kappa shape index (κ1) is 19.9. The van der Waals surface area contributed by atoms with Crippen molar-refractivity contribution in [3.8, 4) is 5.75 Å². The molecule has 27 heavy (non-hydrogen) atoms. The molecule has 0 spiro atoms. The van der Waals surface area contributed by atoms with Crippen molar-refractivity contribution in [3.05, 3.63) is 53.0 Å². The minimum atomic E-state index is -0.366. The van der Waals surface area contributed by atoms with Gasteiger partial charge in [-0.15, -0.1) is 0 Å². The van der Waals surface area contributed by atoms with Crippen LogP contribution in [0.2, 0.25) is 0 Å². The Labute approximate surface area is 169 Å². The number of nitrogens with zero attached hydrogens (tertiary/aromatic N) is 2. The molecule has 0 fully saturated rings. The van der Waals surface area contributed by atoms with Crippen molar-refractivity contribution in [1.82, 2.24) is 9.97 Å². The van der Waals surface area contributed by atoms with Crippen LogP contribution in [0.1, 0.15) is 6.92 Å². The molecule has 0 aliphatic carbocycles. The lowest BCUT2D eigenvalue weighted by atomic mass is 10.2. The molecule has 1 heterocycles. The van der Waals surface area contributed by atoms with E-state index in [1.165, 1.54) is 12.4 Å². The molecule has 2 aromatic carbocycles. The number of ether oxygens (including phenoxy) is 2. The van der Waals surface area contributed by atoms with E-state index in [2.05, 4.69) is 38.1 Å². The standard InChI is InChI=1S/C19H19BrFN3O2S/c1-2-27-8-7-25-12-26-14-4-5-15-18(10-14)22-11-23-19(15)24-17-6-3-13(20)9-16(17)21/h3-6,9-11H,2,7-8,12H2,1H3,(H,22,23,24). The van der Waals surface area contributed by atoms with Gasteiger partial charge in [-0.1, -0.05) is 22.9 Å². The minimum Gasteiger partial charge on any atom is -0.467 e. The lowest BCUT2D eigenvalue weighted by Gasteiger charge is -2.11. The Morgan fingerprint density at radius 1 is 1.19 bits per heavy atom. The zero-order valence-corrected chi connectivity index (χ0v) is 17.1. The molecule has 142 valence electrons. The molecule has 0 saturated carbocycles. The Morgan fingerprint density at radius 2 is 2.07 bits per heavy atom. The molecule has 0 amide bonds. The van der Waals surface area contributed by atoms with Gasteiger partial charge in [-0.2, -0.15) is 11.8 Å². The van der Waals surface area contributed by atoms with Crippen molar-refractivity contribution >= 4 is 50.1 Å². The summed E-state index contributed by atoms with van der Waals surface area (Å²) in [6.07, 6.45) is 1.43. The molecular weight excluding hydrogens is 433 g/mol. The van der Waals surface area contributed by atoms with Gasteiger partial charge >= 0.3 is 0 Å². The SMILES string of the molecule is CCSCCOCOc1ccc2c(Nc3ccc(Br)cc3F)ncnc2c1. The third kappa shape index (κ3) is 5.54. The first-order valence-electron chi connectivity index (χ1n) is 8.42. The second kappa shape index (κ2) is 9.87. The summed E-state index contributed by atoms with van der Waals surface area (Å²) >= 11 is 5.08. The van der Waals surface area contributed by atoms with Crippen molar-refractivity contribution in [1.29, 1.82) is 0 Å². The fourth-order valence-corrected chi connectivity index (χ4v) is 3.23. The Hall–Kier alpha value is -1.90. The molecule has 1 N–H and O–H groups in total. The highest BCUT2D eigenvalue weighted by Gasteiger charge is 2.09. The number of hydrogen-bond acceptors (Lipinski definition) is 6. The maximum atomic E-state index is 14.1. The second-order valence-corrected chi connectivity index (χ2v) is 7.83. The largest absolute Gasteiger partial charge is 0.467 e. The summed E-state index contributed by atoms with van der Waals surface area (Å²) in [6, 6.07) is 10.3. The van der Waals surface area contributed by atoms with E-state index in [1.54, 1.807) is 12.1 Å². The molecule has 8 heteroatoms. The van der Waals surface area contributed by atoms with Gasteiger partial charge in [-0.05, 0) is 36.1 Å². The van der Waals surface area contributed by atoms with E-state index in [1.807, 2.05) is 30.0 Å². The first-order valence-corrected chi connectivity index (χ1v) is 10.4. The number of aromatic nitrogens is 2. The Morgan fingerprint density at radius 3 is 2.89 bits per heavy atom. The lowest BCUT2D eigenvalue weighted by molar-refractivity contribution is 0.0239. The van der Waals surface area contributed by atoms with Crippen LogP contribution in [0.15, 0.2) is 47.2 Å². The highest BCUT2D eigenvalue weighted by atomic mass is 79.9. The summed E-state index contributed by atoms with van der Waals surface area (Å²) in [7, 11) is 0. The molecule has 0 atom stereocenters. The maximum absolute atomic E-state index is 14.1. The highest BCUT2D eigenvalue weighted by Crippen LogP contribution is 2.28. The van der Waals surface area contributed by atoms with Gasteiger partial charge in [-0.3, -0.25) is 0 Å². The van der Waals surface area contributed by atoms with Gasteiger partial charge in [0.1, 0.15) is 23.7 Å². The molecule has 0 aliphatic rings. The lowest BCUT2D eigenvalue weighted by Crippen LogP contribution is -2.05. The number of rotatable bonds is 9. The van der Waals surface area contributed by atoms with Crippen LogP contribution in [0, 0.1) is 5.82 Å². The zero-order chi connectivity index (χ0) is 19.1. The summed E-state index contributed by atoms with van der Waals surface area (Å²) in [5.41, 5.74) is 1.04. The summed E-state index contributed by atoms with van der Waals surface area (Å²) in [5, 5.41) is 3.79. The molecular formula is C19H19BrFN3O2S. The van der Waals surface area contributed by atoms with Crippen LogP contribution in [0.4, 0.5) is 15.9 Å². The van der Waals surface area contributed by atoms with E-state index in [-0.39, 0.29) is 12.6 Å². The molecule has 3 rings (SSSR count). The number of hydrogen-bond donors (Lipinski definition) is 1. The average Bonchev–Trinajstić information content (AvgIpc) is 2.67. The average molecular weight is 452 g/mol. The topological polar surface area (TPSA) is 56.3 Å². The van der Waals surface area contributed by atoms with Gasteiger partial charge in [0.15, 0.2) is 6.79 Å². The normalized spacial score (nSPS) is 10.9. The monoisotopic (exact) mass is 451 g/mol. The summed E-state index contributed by atoms with van der Waals surface area (Å²) in [4.78, 5) is 8.50. The fraction of sp³-hybridized carbons (Fsp3) is 0.263. The predicted octanol–water partition coefficient (Wildman–Crippen LogP) is 5.38. The van der Waals surface area contributed by atoms with Crippen molar-refractivity contribution in [2.75, 3.05) is 30.2 Å². The first-order chi connectivity index (χ1) is 13.2. The number of anilines is 2. The van der Waals surface area contributed by atoms with Crippen LogP contribution in [-0.2, 0) is 4.74 Å². The summed E-state index contributed by atoms with van der Waals surface area (Å²) in [6.45, 7) is 2.96. The predicted molar refractivity (Wildman–Crippen MR) is 111 cm³/mol. The van der Waals surface area contributed by atoms with Crippen molar-refractivity contribution in [2.45, 2.75) is 6.92 Å². The van der Waals surface area contributed by atoms with E-state index in [4.69, 9.17) is 9.47 Å². The van der Waals surface area contributed by atoms with Crippen LogP contribution in [-0.4, -0.2) is 34.9 Å². The number of nitrogens with one attached hydrogen (secondary N) is 1. The van der Waals surface area contributed by atoms with Crippen molar-refractivity contribution in [2.24, 2.45) is 0 Å². The van der Waals surface area contributed by atoms with Gasteiger partial charge in [0, 0.05) is 21.7 Å². The van der Waals surface area contributed by atoms with Crippen LogP contribution in [0.25, 0.3) is 10.9 Å². The smallest absolute Gasteiger partial charge is 0.189 e. The molecule has 5 nitrogen and oxygen atoms in total. The zero-order valence-electron chi connectivity index (χ0n) is 14.7. The number of benzene rings is 2. The molecule has 0 saturated heterocycles. The van der Waals surface area contributed by atoms with Crippen LogP contribution >= 0.6 is 27.7 Å². The van der Waals surface area contributed by atoms with Gasteiger partial charge in [0.2, 0.25) is 0 Å². The molecule has 3 aromatic rings. The molecule has 0 bridgehead atoms. The van der Waals surface area contributed by atoms with Crippen molar-refractivity contribution in [3.63, 3.8) is 0 Å². The minimum absolute atomic E-state index is 0.191. The Bertz CT molecular complexity index is 913. The third-order valence-corrected chi connectivity index (χ3v) is 5.03. The van der Waals surface area contributed by atoms with Crippen LogP contribution < -0.4 is 10.1 Å². The van der Waals surface area contributed by atoms with Gasteiger partial charge in [-0.25, -0.2) is 14.4 Å². The molecule has 0 radical (unpaired) electrons. The Kier molecular flexibility index (Phi) is 7.25. The quantitative estimate of drug-likeness (QED) is 0.348. The Balaban J connectivity index is 1.69. The van der Waals surface area contributed by atoms with E-state index < -0.39 is 0 Å². The van der Waals surface area contributed by atoms with Crippen LogP contribution in [0.5, 0.6) is 5.75 Å². The molecule has 0 aliphatic heterocycles. The fourth-order valence-electron chi connectivity index (χ4n) is 2.38. The number of fused-ring (bicyclic) bond motifs is 1. The molecule has 1 aromatic heterocycles. The maximum Gasteiger partial charge on any atom is 0.189 e. The van der Waals surface area contributed by atoms with Gasteiger partial charge in [0.25, 0.3) is 0 Å². The van der Waals surface area contributed by atoms with E-state index in [0.717, 1.165) is 16.9 Å². The van der Waals surface area contributed by atoms with Gasteiger partial charge in [0.05, 0.1) is 17.8 Å². The number of halogens is 2. The van der Waals surface area contributed by atoms with Crippen LogP contribution in [0.3, 0.4) is 0 Å². The summed E-state index contributed by atoms with van der Waals surface area (Å²) < 4.78 is 25.8.